The van der Waals surface area contributed by atoms with Gasteiger partial charge in [0, 0.05) is 31.9 Å². The van der Waals surface area contributed by atoms with Gasteiger partial charge in [-0.2, -0.15) is 18.2 Å². The van der Waals surface area contributed by atoms with E-state index in [0.717, 1.165) is 5.69 Å². The highest BCUT2D eigenvalue weighted by molar-refractivity contribution is 5.45. The van der Waals surface area contributed by atoms with E-state index in [-0.39, 0.29) is 13.0 Å². The van der Waals surface area contributed by atoms with E-state index in [0.29, 0.717) is 24.7 Å². The van der Waals surface area contributed by atoms with Gasteiger partial charge in [-0.3, -0.25) is 0 Å². The summed E-state index contributed by atoms with van der Waals surface area (Å²) in [5, 5.41) is 2.82. The second-order valence-electron chi connectivity index (χ2n) is 4.77. The van der Waals surface area contributed by atoms with Gasteiger partial charge in [-0.15, -0.1) is 0 Å². The fourth-order valence-electron chi connectivity index (χ4n) is 2.28. The van der Waals surface area contributed by atoms with E-state index >= 15 is 0 Å². The molecule has 2 heterocycles. The molecule has 1 aromatic heterocycles. The topological polar surface area (TPSA) is 41.1 Å². The van der Waals surface area contributed by atoms with Gasteiger partial charge in [0.1, 0.15) is 5.82 Å². The number of hydrogen-bond donors (Lipinski definition) is 1. The van der Waals surface area contributed by atoms with Crippen molar-refractivity contribution in [3.05, 3.63) is 11.8 Å². The average molecular weight is 274 g/mol. The molecule has 1 unspecified atom stereocenters. The Hall–Kier alpha value is -1.53. The van der Waals surface area contributed by atoms with Crippen molar-refractivity contribution in [2.75, 3.05) is 30.4 Å². The molecular weight excluding hydrogens is 257 g/mol. The number of nitrogens with zero attached hydrogens (tertiary/aromatic N) is 3. The molecule has 1 saturated heterocycles. The molecule has 0 bridgehead atoms. The van der Waals surface area contributed by atoms with Crippen LogP contribution in [-0.4, -0.2) is 36.3 Å². The molecule has 0 radical (unpaired) electrons. The van der Waals surface area contributed by atoms with Gasteiger partial charge in [-0.25, -0.2) is 4.98 Å². The lowest BCUT2D eigenvalue weighted by molar-refractivity contribution is -0.176. The van der Waals surface area contributed by atoms with Crippen LogP contribution in [0, 0.1) is 12.8 Å². The SMILES string of the molecule is CNc1nc(C)cc(N2CCCC(C(F)(F)F)C2)n1. The van der Waals surface area contributed by atoms with Crippen molar-refractivity contribution >= 4 is 11.8 Å². The van der Waals surface area contributed by atoms with E-state index in [1.807, 2.05) is 0 Å². The fourth-order valence-corrected chi connectivity index (χ4v) is 2.28. The zero-order valence-electron chi connectivity index (χ0n) is 11.0. The molecule has 1 aliphatic rings. The lowest BCUT2D eigenvalue weighted by atomic mass is 9.97. The third-order valence-corrected chi connectivity index (χ3v) is 3.27. The van der Waals surface area contributed by atoms with Crippen LogP contribution in [0.15, 0.2) is 6.07 Å². The molecule has 0 amide bonds. The van der Waals surface area contributed by atoms with Crippen molar-refractivity contribution in [2.45, 2.75) is 25.9 Å². The first-order valence-corrected chi connectivity index (χ1v) is 6.25. The summed E-state index contributed by atoms with van der Waals surface area (Å²) >= 11 is 0. The maximum Gasteiger partial charge on any atom is 0.393 e. The first-order chi connectivity index (χ1) is 8.90. The van der Waals surface area contributed by atoms with Crippen molar-refractivity contribution < 1.29 is 13.2 Å². The molecular formula is C12H17F3N4. The molecule has 7 heteroatoms. The van der Waals surface area contributed by atoms with Crippen LogP contribution in [0.25, 0.3) is 0 Å². The second kappa shape index (κ2) is 5.22. The van der Waals surface area contributed by atoms with E-state index < -0.39 is 12.1 Å². The van der Waals surface area contributed by atoms with Crippen LogP contribution in [0.4, 0.5) is 24.9 Å². The van der Waals surface area contributed by atoms with Crippen LogP contribution in [0.5, 0.6) is 0 Å². The zero-order valence-corrected chi connectivity index (χ0v) is 11.0. The van der Waals surface area contributed by atoms with Gasteiger partial charge >= 0.3 is 6.18 Å². The molecule has 1 N–H and O–H groups in total. The van der Waals surface area contributed by atoms with Crippen molar-refractivity contribution in [1.82, 2.24) is 9.97 Å². The van der Waals surface area contributed by atoms with Gasteiger partial charge in [0.05, 0.1) is 5.92 Å². The molecule has 1 fully saturated rings. The monoisotopic (exact) mass is 274 g/mol. The zero-order chi connectivity index (χ0) is 14.0. The first kappa shape index (κ1) is 13.9. The normalized spacial score (nSPS) is 20.5. The average Bonchev–Trinajstić information content (AvgIpc) is 2.37. The minimum Gasteiger partial charge on any atom is -0.357 e. The molecule has 106 valence electrons. The predicted octanol–water partition coefficient (Wildman–Crippen LogP) is 2.61. The van der Waals surface area contributed by atoms with Crippen molar-refractivity contribution in [2.24, 2.45) is 5.92 Å². The van der Waals surface area contributed by atoms with Crippen LogP contribution in [0.2, 0.25) is 0 Å². The van der Waals surface area contributed by atoms with Crippen molar-refractivity contribution in [3.8, 4) is 0 Å². The highest BCUT2D eigenvalue weighted by atomic mass is 19.4. The Bertz CT molecular complexity index is 447. The van der Waals surface area contributed by atoms with Gasteiger partial charge in [0.2, 0.25) is 5.95 Å². The number of anilines is 2. The molecule has 0 spiro atoms. The first-order valence-electron chi connectivity index (χ1n) is 6.25. The Balaban J connectivity index is 2.19. The van der Waals surface area contributed by atoms with E-state index in [2.05, 4.69) is 15.3 Å². The Morgan fingerprint density at radius 3 is 2.74 bits per heavy atom. The highest BCUT2D eigenvalue weighted by Crippen LogP contribution is 2.34. The van der Waals surface area contributed by atoms with Gasteiger partial charge in [0.15, 0.2) is 0 Å². The van der Waals surface area contributed by atoms with Gasteiger partial charge in [0.25, 0.3) is 0 Å². The smallest absolute Gasteiger partial charge is 0.357 e. The maximum atomic E-state index is 12.8. The number of halogens is 3. The van der Waals surface area contributed by atoms with Gasteiger partial charge in [-0.1, -0.05) is 0 Å². The summed E-state index contributed by atoms with van der Waals surface area (Å²) in [5.41, 5.74) is 0.739. The van der Waals surface area contributed by atoms with Crippen LogP contribution in [0.1, 0.15) is 18.5 Å². The number of alkyl halides is 3. The third-order valence-electron chi connectivity index (χ3n) is 3.27. The lowest BCUT2D eigenvalue weighted by Crippen LogP contribution is -2.42. The van der Waals surface area contributed by atoms with E-state index in [4.69, 9.17) is 0 Å². The molecule has 4 nitrogen and oxygen atoms in total. The molecule has 2 rings (SSSR count). The summed E-state index contributed by atoms with van der Waals surface area (Å²) in [6.45, 7) is 2.38. The molecule has 1 aromatic rings. The van der Waals surface area contributed by atoms with E-state index in [1.54, 1.807) is 24.9 Å². The van der Waals surface area contributed by atoms with Gasteiger partial charge in [-0.05, 0) is 19.8 Å². The summed E-state index contributed by atoms with van der Waals surface area (Å²) in [6.07, 6.45) is -3.41. The highest BCUT2D eigenvalue weighted by Gasteiger charge is 2.42. The van der Waals surface area contributed by atoms with Gasteiger partial charge < -0.3 is 10.2 Å². The molecule has 1 atom stereocenters. The Morgan fingerprint density at radius 2 is 2.11 bits per heavy atom. The number of piperidine rings is 1. The summed E-state index contributed by atoms with van der Waals surface area (Å²) in [6, 6.07) is 1.72. The minimum absolute atomic E-state index is 0.0247. The molecule has 0 aromatic carbocycles. The fraction of sp³-hybridized carbons (Fsp3) is 0.667. The van der Waals surface area contributed by atoms with Crippen LogP contribution in [-0.2, 0) is 0 Å². The molecule has 19 heavy (non-hydrogen) atoms. The lowest BCUT2D eigenvalue weighted by Gasteiger charge is -2.34. The minimum atomic E-state index is -4.13. The number of hydrogen-bond acceptors (Lipinski definition) is 4. The largest absolute Gasteiger partial charge is 0.393 e. The van der Waals surface area contributed by atoms with E-state index in [9.17, 15) is 13.2 Å². The number of rotatable bonds is 2. The molecule has 0 saturated carbocycles. The summed E-state index contributed by atoms with van der Waals surface area (Å²) in [5.74, 6) is -0.274. The van der Waals surface area contributed by atoms with E-state index in [1.165, 1.54) is 0 Å². The Morgan fingerprint density at radius 1 is 1.37 bits per heavy atom. The standard InChI is InChI=1S/C12H17F3N4/c1-8-6-10(18-11(16-2)17-8)19-5-3-4-9(7-19)12(13,14)15/h6,9H,3-5,7H2,1-2H3,(H,16,17,18). The second-order valence-corrected chi connectivity index (χ2v) is 4.77. The maximum absolute atomic E-state index is 12.8. The van der Waals surface area contributed by atoms with Crippen LogP contribution in [0.3, 0.4) is 0 Å². The summed E-state index contributed by atoms with van der Waals surface area (Å²) < 4.78 is 38.3. The molecule has 0 aliphatic carbocycles. The van der Waals surface area contributed by atoms with Crippen LogP contribution >= 0.6 is 0 Å². The summed E-state index contributed by atoms with van der Waals surface area (Å²) in [7, 11) is 1.69. The quantitative estimate of drug-likeness (QED) is 0.900. The number of aryl methyl sites for hydroxylation is 1. The predicted molar refractivity (Wildman–Crippen MR) is 67.3 cm³/mol. The Kier molecular flexibility index (Phi) is 3.82. The Labute approximate surface area is 110 Å². The number of aromatic nitrogens is 2. The third kappa shape index (κ3) is 3.27. The van der Waals surface area contributed by atoms with Crippen molar-refractivity contribution in [3.63, 3.8) is 0 Å². The molecule has 1 aliphatic heterocycles. The van der Waals surface area contributed by atoms with Crippen molar-refractivity contribution in [1.29, 1.82) is 0 Å². The summed E-state index contributed by atoms with van der Waals surface area (Å²) in [4.78, 5) is 10.1. The number of nitrogens with one attached hydrogen (secondary N) is 1. The van der Waals surface area contributed by atoms with Crippen LogP contribution < -0.4 is 10.2 Å².